The van der Waals surface area contributed by atoms with Crippen LogP contribution in [0.1, 0.15) is 10.4 Å². The lowest BCUT2D eigenvalue weighted by atomic mass is 10.1. The van der Waals surface area contributed by atoms with Crippen LogP contribution in [0.4, 0.5) is 8.78 Å². The van der Waals surface area contributed by atoms with E-state index in [1.807, 2.05) is 0 Å². The molecule has 0 aromatic heterocycles. The average Bonchev–Trinajstić information content (AvgIpc) is 2.28. The van der Waals surface area contributed by atoms with Crippen molar-refractivity contribution < 1.29 is 24.8 Å². The van der Waals surface area contributed by atoms with Crippen molar-refractivity contribution in [2.75, 3.05) is 0 Å². The molecule has 0 fully saturated rings. The van der Waals surface area contributed by atoms with Crippen LogP contribution in [0.2, 0.25) is 0 Å². The van der Waals surface area contributed by atoms with Crippen LogP contribution < -0.4 is 0 Å². The maximum absolute atomic E-state index is 13.6. The summed E-state index contributed by atoms with van der Waals surface area (Å²) in [5, 5.41) is 8.48. The minimum absolute atomic E-state index is 0.107. The molecule has 0 bridgehead atoms. The van der Waals surface area contributed by atoms with Crippen molar-refractivity contribution in [3.8, 4) is 0 Å². The van der Waals surface area contributed by atoms with Gasteiger partial charge in [0.1, 0.15) is 20.8 Å². The summed E-state index contributed by atoms with van der Waals surface area (Å²) in [6, 6.07) is 4.22. The number of benzene rings is 2. The van der Waals surface area contributed by atoms with Gasteiger partial charge in [-0.05, 0) is 12.1 Å². The van der Waals surface area contributed by atoms with Crippen molar-refractivity contribution in [2.24, 2.45) is 0 Å². The minimum atomic E-state index is -4.29. The number of aromatic carboxylic acids is 1. The highest BCUT2D eigenvalue weighted by atomic mass is 127. The second-order valence-corrected chi connectivity index (χ2v) is 5.72. The normalized spacial score (nSPS) is 11.1. The predicted octanol–water partition coefficient (Wildman–Crippen LogP) is 3.18. The van der Waals surface area contributed by atoms with Gasteiger partial charge in [-0.1, -0.05) is 12.1 Å². The van der Waals surface area contributed by atoms with Crippen molar-refractivity contribution in [2.45, 2.75) is 0 Å². The van der Waals surface area contributed by atoms with Crippen LogP contribution in [0.25, 0.3) is 10.8 Å². The minimum Gasteiger partial charge on any atom is -0.478 e. The fourth-order valence-corrected chi connectivity index (χ4v) is 3.54. The molecule has 2 aromatic carbocycles. The Morgan fingerprint density at radius 2 is 1.78 bits per heavy atom. The number of hydrogen-bond acceptors (Lipinski definition) is 3. The zero-order valence-electron chi connectivity index (χ0n) is 8.62. The van der Waals surface area contributed by atoms with Crippen molar-refractivity contribution in [3.63, 3.8) is 0 Å². The molecule has 0 saturated carbocycles. The molecule has 1 N–H and O–H groups in total. The molecule has 0 heterocycles. The highest BCUT2D eigenvalue weighted by Crippen LogP contribution is 2.33. The second-order valence-electron chi connectivity index (χ2n) is 3.40. The molecule has 0 aliphatic heterocycles. The van der Waals surface area contributed by atoms with E-state index in [9.17, 15) is 19.7 Å². The van der Waals surface area contributed by atoms with E-state index in [0.717, 1.165) is 6.07 Å². The first-order valence-electron chi connectivity index (χ1n) is 4.62. The lowest BCUT2D eigenvalue weighted by molar-refractivity contribution is 0.0690. The van der Waals surface area contributed by atoms with E-state index in [2.05, 4.69) is 0 Å². The molecule has 0 atom stereocenters. The number of rotatable bonds is 2. The molecule has 0 unspecified atom stereocenters. The van der Waals surface area contributed by atoms with Gasteiger partial charge in [0.15, 0.2) is 0 Å². The summed E-state index contributed by atoms with van der Waals surface area (Å²) < 4.78 is 48.7. The van der Waals surface area contributed by atoms with Gasteiger partial charge in [0, 0.05) is 10.8 Å². The third kappa shape index (κ3) is 1.94. The summed E-state index contributed by atoms with van der Waals surface area (Å²) in [5.41, 5.74) is -0.928. The van der Waals surface area contributed by atoms with Crippen LogP contribution in [-0.2, 0) is 6.14 Å². The fraction of sp³-hybridized carbons (Fsp3) is 0. The van der Waals surface area contributed by atoms with Crippen molar-refractivity contribution in [1.29, 1.82) is 0 Å². The quantitative estimate of drug-likeness (QED) is 0.829. The zero-order chi connectivity index (χ0) is 13.4. The van der Waals surface area contributed by atoms with Gasteiger partial charge in [-0.15, -0.1) is 0 Å². The number of carboxylic acid groups (broad SMARTS) is 1. The second kappa shape index (κ2) is 4.56. The molecule has 0 aliphatic rings. The zero-order valence-corrected chi connectivity index (χ0v) is 10.8. The largest absolute Gasteiger partial charge is 0.478 e. The molecule has 7 heteroatoms. The van der Waals surface area contributed by atoms with E-state index in [1.54, 1.807) is 0 Å². The predicted molar refractivity (Wildman–Crippen MR) is 64.9 cm³/mol. The van der Waals surface area contributed by atoms with Crippen molar-refractivity contribution in [1.82, 2.24) is 0 Å². The first-order chi connectivity index (χ1) is 8.43. The SMILES string of the molecule is O=C(O)c1c(F)cc2c(F)cccc2c1I(=O)=O. The van der Waals surface area contributed by atoms with Gasteiger partial charge in [0.2, 0.25) is 0 Å². The lowest BCUT2D eigenvalue weighted by Crippen LogP contribution is -2.05. The highest BCUT2D eigenvalue weighted by molar-refractivity contribution is 14.2. The lowest BCUT2D eigenvalue weighted by Gasteiger charge is -2.06. The Morgan fingerprint density at radius 1 is 1.11 bits per heavy atom. The summed E-state index contributed by atoms with van der Waals surface area (Å²) in [7, 11) is 0. The number of halogens is 3. The van der Waals surface area contributed by atoms with Crippen molar-refractivity contribution >= 4 is 36.5 Å². The standard InChI is InChI=1S/C11H5F2IO4/c12-7-3-1-2-5-6(7)4-8(13)9(11(15)16)10(5)14(17)18/h1-4H,(H,15,16). The van der Waals surface area contributed by atoms with Crippen LogP contribution in [0.3, 0.4) is 0 Å². The van der Waals surface area contributed by atoms with E-state index in [1.165, 1.54) is 12.1 Å². The van der Waals surface area contributed by atoms with Crippen LogP contribution >= 0.6 is 19.8 Å². The van der Waals surface area contributed by atoms with E-state index >= 15 is 0 Å². The monoisotopic (exact) mass is 366 g/mol. The molecule has 2 rings (SSSR count). The van der Waals surface area contributed by atoms with Gasteiger partial charge in [-0.25, -0.2) is 19.7 Å². The molecular formula is C11H5F2IO4. The number of hydrogen-bond donors (Lipinski definition) is 1. The van der Waals surface area contributed by atoms with Crippen LogP contribution in [0.15, 0.2) is 24.3 Å². The molecule has 94 valence electrons. The molecule has 0 saturated heterocycles. The highest BCUT2D eigenvalue weighted by Gasteiger charge is 2.23. The molecule has 18 heavy (non-hydrogen) atoms. The molecule has 0 spiro atoms. The smallest absolute Gasteiger partial charge is 0.342 e. The first-order valence-corrected chi connectivity index (χ1v) is 7.46. The maximum Gasteiger partial charge on any atom is 0.342 e. The van der Waals surface area contributed by atoms with Gasteiger partial charge < -0.3 is 5.11 Å². The van der Waals surface area contributed by atoms with Crippen LogP contribution in [0, 0.1) is 15.2 Å². The van der Waals surface area contributed by atoms with Gasteiger partial charge in [-0.3, -0.25) is 0 Å². The van der Waals surface area contributed by atoms with Gasteiger partial charge in [-0.2, -0.15) is 0 Å². The average molecular weight is 366 g/mol. The van der Waals surface area contributed by atoms with Crippen molar-refractivity contribution in [3.05, 3.63) is 45.0 Å². The summed E-state index contributed by atoms with van der Waals surface area (Å²) >= 11 is -4.29. The van der Waals surface area contributed by atoms with Gasteiger partial charge in [0.05, 0.1) is 0 Å². The Bertz CT molecular complexity index is 729. The van der Waals surface area contributed by atoms with E-state index in [0.29, 0.717) is 6.07 Å². The van der Waals surface area contributed by atoms with Gasteiger partial charge in [0.25, 0.3) is 0 Å². The number of carboxylic acids is 1. The Hall–Kier alpha value is -1.64. The molecule has 0 radical (unpaired) electrons. The first kappa shape index (κ1) is 12.8. The summed E-state index contributed by atoms with van der Waals surface area (Å²) in [6.45, 7) is 0. The molecule has 2 aromatic rings. The molecule has 0 aliphatic carbocycles. The Labute approximate surface area is 106 Å². The van der Waals surface area contributed by atoms with Crippen LogP contribution in [0.5, 0.6) is 0 Å². The Balaban J connectivity index is 3.09. The maximum atomic E-state index is 13.6. The fourth-order valence-electron chi connectivity index (χ4n) is 1.67. The van der Waals surface area contributed by atoms with Gasteiger partial charge >= 0.3 is 25.8 Å². The molecule has 4 nitrogen and oxygen atoms in total. The van der Waals surface area contributed by atoms with E-state index in [4.69, 9.17) is 5.11 Å². The summed E-state index contributed by atoms with van der Waals surface area (Å²) in [5.74, 6) is -3.76. The van der Waals surface area contributed by atoms with E-state index in [-0.39, 0.29) is 10.8 Å². The van der Waals surface area contributed by atoms with Crippen LogP contribution in [-0.4, -0.2) is 11.1 Å². The third-order valence-corrected chi connectivity index (χ3v) is 4.39. The topological polar surface area (TPSA) is 71.4 Å². The number of carbonyl (C=O) groups is 1. The number of fused-ring (bicyclic) bond motifs is 1. The Kier molecular flexibility index (Phi) is 3.24. The summed E-state index contributed by atoms with van der Waals surface area (Å²) in [4.78, 5) is 10.9. The van der Waals surface area contributed by atoms with E-state index < -0.39 is 46.5 Å². The Morgan fingerprint density at radius 3 is 2.33 bits per heavy atom. The molecule has 0 amide bonds. The molecular weight excluding hydrogens is 361 g/mol. The third-order valence-electron chi connectivity index (χ3n) is 2.39. The summed E-state index contributed by atoms with van der Waals surface area (Å²) in [6.07, 6.45) is 0.